The molecule has 0 saturated carbocycles. The molecule has 126 valence electrons. The van der Waals surface area contributed by atoms with Crippen LogP contribution in [-0.4, -0.2) is 20.0 Å². The average Bonchev–Trinajstić information content (AvgIpc) is 2.57. The lowest BCUT2D eigenvalue weighted by molar-refractivity contribution is 0.104. The second-order valence-corrected chi connectivity index (χ2v) is 5.75. The van der Waals surface area contributed by atoms with Crippen molar-refractivity contribution in [3.05, 3.63) is 64.3 Å². The number of ether oxygens (including phenoxy) is 2. The van der Waals surface area contributed by atoms with Crippen molar-refractivity contribution in [1.29, 1.82) is 0 Å². The zero-order valence-electron chi connectivity index (χ0n) is 14.1. The van der Waals surface area contributed by atoms with Crippen LogP contribution in [0.1, 0.15) is 21.5 Å². The molecule has 0 aliphatic heterocycles. The molecule has 24 heavy (non-hydrogen) atoms. The Morgan fingerprint density at radius 2 is 1.79 bits per heavy atom. The van der Waals surface area contributed by atoms with Gasteiger partial charge in [-0.1, -0.05) is 29.3 Å². The van der Waals surface area contributed by atoms with E-state index in [1.54, 1.807) is 25.4 Å². The van der Waals surface area contributed by atoms with Crippen LogP contribution in [0.2, 0.25) is 5.02 Å². The van der Waals surface area contributed by atoms with Crippen molar-refractivity contribution >= 4 is 23.1 Å². The van der Waals surface area contributed by atoms with E-state index in [1.807, 2.05) is 32.0 Å². The van der Waals surface area contributed by atoms with Crippen molar-refractivity contribution in [2.45, 2.75) is 13.8 Å². The van der Waals surface area contributed by atoms with Crippen molar-refractivity contribution in [2.24, 2.45) is 0 Å². The molecule has 0 aliphatic rings. The zero-order chi connectivity index (χ0) is 17.7. The Balaban J connectivity index is 2.19. The first-order valence-corrected chi connectivity index (χ1v) is 7.80. The minimum atomic E-state index is -0.0661. The predicted molar refractivity (Wildman–Crippen MR) is 97.6 cm³/mol. The predicted octanol–water partition coefficient (Wildman–Crippen LogP) is 4.78. The number of ketones is 1. The summed E-state index contributed by atoms with van der Waals surface area (Å²) >= 11 is 6.07. The summed E-state index contributed by atoms with van der Waals surface area (Å²) in [6, 6.07) is 9.18. The summed E-state index contributed by atoms with van der Waals surface area (Å²) in [5, 5.41) is 3.49. The molecule has 0 atom stereocenters. The quantitative estimate of drug-likeness (QED) is 0.604. The largest absolute Gasteiger partial charge is 0.495 e. The van der Waals surface area contributed by atoms with Gasteiger partial charge in [-0.2, -0.15) is 0 Å². The Bertz CT molecular complexity index is 784. The fourth-order valence-corrected chi connectivity index (χ4v) is 2.50. The van der Waals surface area contributed by atoms with Crippen LogP contribution in [0, 0.1) is 13.8 Å². The van der Waals surface area contributed by atoms with Gasteiger partial charge in [-0.05, 0) is 25.5 Å². The fraction of sp³-hybridized carbons (Fsp3) is 0.211. The number of anilines is 1. The molecule has 4 nitrogen and oxygen atoms in total. The number of halogens is 1. The van der Waals surface area contributed by atoms with Crippen molar-refractivity contribution in [3.8, 4) is 11.5 Å². The van der Waals surface area contributed by atoms with E-state index in [9.17, 15) is 4.79 Å². The number of carbonyl (C=O) groups is 1. The van der Waals surface area contributed by atoms with E-state index in [-0.39, 0.29) is 5.78 Å². The van der Waals surface area contributed by atoms with Gasteiger partial charge in [0.2, 0.25) is 0 Å². The molecule has 2 aromatic carbocycles. The van der Waals surface area contributed by atoms with Gasteiger partial charge in [-0.15, -0.1) is 0 Å². The summed E-state index contributed by atoms with van der Waals surface area (Å²) in [4.78, 5) is 12.3. The maximum absolute atomic E-state index is 12.3. The van der Waals surface area contributed by atoms with Crippen LogP contribution in [0.15, 0.2) is 42.6 Å². The highest BCUT2D eigenvalue weighted by molar-refractivity contribution is 6.32. The molecule has 2 aromatic rings. The van der Waals surface area contributed by atoms with Crippen LogP contribution < -0.4 is 14.8 Å². The number of benzene rings is 2. The van der Waals surface area contributed by atoms with Gasteiger partial charge in [0.15, 0.2) is 5.78 Å². The number of methoxy groups -OCH3 is 2. The number of aryl methyl sites for hydroxylation is 2. The number of carbonyl (C=O) groups excluding carboxylic acids is 1. The standard InChI is InChI=1S/C19H20ClNO3/c1-12-5-6-13(2)14(9-12)17(22)7-8-21-16-11-18(23-3)15(20)10-19(16)24-4/h5-11,21H,1-4H3/b8-7+. The van der Waals surface area contributed by atoms with Crippen LogP contribution in [0.25, 0.3) is 0 Å². The fourth-order valence-electron chi connectivity index (χ4n) is 2.27. The van der Waals surface area contributed by atoms with E-state index in [0.29, 0.717) is 27.8 Å². The molecule has 1 N–H and O–H groups in total. The highest BCUT2D eigenvalue weighted by atomic mass is 35.5. The lowest BCUT2D eigenvalue weighted by atomic mass is 10.0. The SMILES string of the molecule is COc1cc(N/C=C/C(=O)c2cc(C)ccc2C)c(OC)cc1Cl. The Labute approximate surface area is 147 Å². The highest BCUT2D eigenvalue weighted by Crippen LogP contribution is 2.35. The zero-order valence-corrected chi connectivity index (χ0v) is 14.9. The monoisotopic (exact) mass is 345 g/mol. The normalized spacial score (nSPS) is 10.7. The second kappa shape index (κ2) is 7.88. The molecule has 5 heteroatoms. The van der Waals surface area contributed by atoms with Gasteiger partial charge in [0.1, 0.15) is 11.5 Å². The lowest BCUT2D eigenvalue weighted by Crippen LogP contribution is -2.00. The number of allylic oxidation sites excluding steroid dienone is 1. The van der Waals surface area contributed by atoms with E-state index >= 15 is 0 Å². The van der Waals surface area contributed by atoms with Crippen molar-refractivity contribution in [2.75, 3.05) is 19.5 Å². The van der Waals surface area contributed by atoms with E-state index < -0.39 is 0 Å². The molecule has 2 rings (SSSR count). The highest BCUT2D eigenvalue weighted by Gasteiger charge is 2.09. The molecule has 0 heterocycles. The van der Waals surface area contributed by atoms with Gasteiger partial charge in [-0.25, -0.2) is 0 Å². The molecule has 0 amide bonds. The third-order valence-corrected chi connectivity index (χ3v) is 3.90. The molecule has 0 radical (unpaired) electrons. The molecular formula is C19H20ClNO3. The van der Waals surface area contributed by atoms with Crippen molar-refractivity contribution in [3.63, 3.8) is 0 Å². The summed E-state index contributed by atoms with van der Waals surface area (Å²) in [6.45, 7) is 3.88. The van der Waals surface area contributed by atoms with Crippen LogP contribution in [0.4, 0.5) is 5.69 Å². The minimum Gasteiger partial charge on any atom is -0.495 e. The maximum atomic E-state index is 12.3. The van der Waals surface area contributed by atoms with Gasteiger partial charge in [0.05, 0.1) is 24.9 Å². The van der Waals surface area contributed by atoms with Crippen LogP contribution >= 0.6 is 11.6 Å². The van der Waals surface area contributed by atoms with Gasteiger partial charge < -0.3 is 14.8 Å². The van der Waals surface area contributed by atoms with Crippen molar-refractivity contribution < 1.29 is 14.3 Å². The van der Waals surface area contributed by atoms with Gasteiger partial charge in [0.25, 0.3) is 0 Å². The van der Waals surface area contributed by atoms with Gasteiger partial charge >= 0.3 is 0 Å². The summed E-state index contributed by atoms with van der Waals surface area (Å²) in [7, 11) is 3.09. The third-order valence-electron chi connectivity index (χ3n) is 3.61. The maximum Gasteiger partial charge on any atom is 0.187 e. The molecule has 0 fully saturated rings. The Morgan fingerprint density at radius 1 is 1.08 bits per heavy atom. The van der Waals surface area contributed by atoms with Crippen LogP contribution in [-0.2, 0) is 0 Å². The van der Waals surface area contributed by atoms with Crippen molar-refractivity contribution in [1.82, 2.24) is 0 Å². The molecule has 0 spiro atoms. The topological polar surface area (TPSA) is 47.6 Å². The summed E-state index contributed by atoms with van der Waals surface area (Å²) in [5.41, 5.74) is 3.34. The second-order valence-electron chi connectivity index (χ2n) is 5.35. The van der Waals surface area contributed by atoms with E-state index in [4.69, 9.17) is 21.1 Å². The Kier molecular flexibility index (Phi) is 5.88. The molecule has 0 aliphatic carbocycles. The molecular weight excluding hydrogens is 326 g/mol. The van der Waals surface area contributed by atoms with E-state index in [2.05, 4.69) is 5.32 Å². The van der Waals surface area contributed by atoms with Crippen LogP contribution in [0.5, 0.6) is 11.5 Å². The minimum absolute atomic E-state index is 0.0661. The number of nitrogens with one attached hydrogen (secondary N) is 1. The molecule has 0 aromatic heterocycles. The summed E-state index contributed by atoms with van der Waals surface area (Å²) in [6.07, 6.45) is 3.07. The first-order chi connectivity index (χ1) is 11.5. The average molecular weight is 346 g/mol. The summed E-state index contributed by atoms with van der Waals surface area (Å²) in [5.74, 6) is 1.02. The Hall–Kier alpha value is -2.46. The van der Waals surface area contributed by atoms with Crippen LogP contribution in [0.3, 0.4) is 0 Å². The Morgan fingerprint density at radius 3 is 2.46 bits per heavy atom. The number of hydrogen-bond acceptors (Lipinski definition) is 4. The van der Waals surface area contributed by atoms with Gasteiger partial charge in [0, 0.05) is 30.0 Å². The van der Waals surface area contributed by atoms with Gasteiger partial charge in [-0.3, -0.25) is 4.79 Å². The summed E-state index contributed by atoms with van der Waals surface area (Å²) < 4.78 is 10.5. The lowest BCUT2D eigenvalue weighted by Gasteiger charge is -2.11. The number of hydrogen-bond donors (Lipinski definition) is 1. The number of rotatable bonds is 6. The first-order valence-electron chi connectivity index (χ1n) is 7.42. The molecule has 0 unspecified atom stereocenters. The van der Waals surface area contributed by atoms with E-state index in [0.717, 1.165) is 11.1 Å². The third kappa shape index (κ3) is 4.09. The van der Waals surface area contributed by atoms with E-state index in [1.165, 1.54) is 13.2 Å². The molecule has 0 bridgehead atoms. The smallest absolute Gasteiger partial charge is 0.187 e. The first kappa shape index (κ1) is 17.9. The molecule has 0 saturated heterocycles.